The standard InChI is InChI=1S/C10H20N2O2/c1-3-12(2)10(13)14-8-9-6-4-5-7-11-9/h9,11H,3-8H2,1-2H3. The molecule has 82 valence electrons. The summed E-state index contributed by atoms with van der Waals surface area (Å²) in [7, 11) is 1.75. The van der Waals surface area contributed by atoms with Gasteiger partial charge < -0.3 is 15.0 Å². The molecule has 4 heteroatoms. The second-order valence-corrected chi connectivity index (χ2v) is 3.74. The summed E-state index contributed by atoms with van der Waals surface area (Å²) in [6, 6.07) is 0.359. The lowest BCUT2D eigenvalue weighted by Crippen LogP contribution is -2.39. The van der Waals surface area contributed by atoms with Crippen molar-refractivity contribution in [2.45, 2.75) is 32.2 Å². The van der Waals surface area contributed by atoms with E-state index in [2.05, 4.69) is 5.32 Å². The van der Waals surface area contributed by atoms with Gasteiger partial charge in [0.15, 0.2) is 0 Å². The summed E-state index contributed by atoms with van der Waals surface area (Å²) in [5, 5.41) is 3.34. The first-order valence-corrected chi connectivity index (χ1v) is 5.35. The van der Waals surface area contributed by atoms with Crippen molar-refractivity contribution in [3.8, 4) is 0 Å². The van der Waals surface area contributed by atoms with Gasteiger partial charge in [0, 0.05) is 19.6 Å². The Morgan fingerprint density at radius 3 is 2.93 bits per heavy atom. The molecule has 1 atom stereocenters. The van der Waals surface area contributed by atoms with Gasteiger partial charge in [-0.2, -0.15) is 0 Å². The van der Waals surface area contributed by atoms with Gasteiger partial charge in [0.05, 0.1) is 0 Å². The highest BCUT2D eigenvalue weighted by atomic mass is 16.6. The molecule has 0 saturated carbocycles. The van der Waals surface area contributed by atoms with E-state index in [9.17, 15) is 4.79 Å². The zero-order valence-corrected chi connectivity index (χ0v) is 9.08. The van der Waals surface area contributed by atoms with E-state index >= 15 is 0 Å². The lowest BCUT2D eigenvalue weighted by molar-refractivity contribution is 0.0983. The van der Waals surface area contributed by atoms with Gasteiger partial charge in [0.2, 0.25) is 0 Å². The molecule has 0 aromatic rings. The monoisotopic (exact) mass is 200 g/mol. The van der Waals surface area contributed by atoms with Crippen LogP contribution in [0.5, 0.6) is 0 Å². The third-order valence-corrected chi connectivity index (χ3v) is 2.61. The molecule has 0 aromatic heterocycles. The Kier molecular flexibility index (Phi) is 4.73. The first-order chi connectivity index (χ1) is 6.74. The van der Waals surface area contributed by atoms with Crippen LogP contribution in [0.3, 0.4) is 0 Å². The molecule has 0 bridgehead atoms. The van der Waals surface area contributed by atoms with Crippen molar-refractivity contribution in [1.82, 2.24) is 10.2 Å². The molecule has 1 unspecified atom stereocenters. The molecule has 1 rings (SSSR count). The van der Waals surface area contributed by atoms with E-state index in [1.807, 2.05) is 6.92 Å². The summed E-state index contributed by atoms with van der Waals surface area (Å²) < 4.78 is 5.16. The van der Waals surface area contributed by atoms with Crippen LogP contribution in [0.2, 0.25) is 0 Å². The molecule has 4 nitrogen and oxygen atoms in total. The fourth-order valence-corrected chi connectivity index (χ4v) is 1.48. The van der Waals surface area contributed by atoms with Gasteiger partial charge >= 0.3 is 6.09 Å². The van der Waals surface area contributed by atoms with Crippen LogP contribution in [0.25, 0.3) is 0 Å². The number of nitrogens with zero attached hydrogens (tertiary/aromatic N) is 1. The average molecular weight is 200 g/mol. The molecule has 0 spiro atoms. The highest BCUT2D eigenvalue weighted by Crippen LogP contribution is 2.07. The summed E-state index contributed by atoms with van der Waals surface area (Å²) in [4.78, 5) is 12.9. The van der Waals surface area contributed by atoms with Crippen molar-refractivity contribution in [2.75, 3.05) is 26.7 Å². The molecule has 14 heavy (non-hydrogen) atoms. The molecular weight excluding hydrogens is 180 g/mol. The third kappa shape index (κ3) is 3.54. The molecule has 0 aromatic carbocycles. The van der Waals surface area contributed by atoms with Crippen molar-refractivity contribution < 1.29 is 9.53 Å². The zero-order valence-electron chi connectivity index (χ0n) is 9.08. The number of hydrogen-bond acceptors (Lipinski definition) is 3. The van der Waals surface area contributed by atoms with Crippen LogP contribution in [-0.2, 0) is 4.74 Å². The van der Waals surface area contributed by atoms with E-state index in [0.717, 1.165) is 13.0 Å². The van der Waals surface area contributed by atoms with Crippen molar-refractivity contribution >= 4 is 6.09 Å². The topological polar surface area (TPSA) is 41.6 Å². The lowest BCUT2D eigenvalue weighted by atomic mass is 10.1. The van der Waals surface area contributed by atoms with Crippen LogP contribution < -0.4 is 5.32 Å². The SMILES string of the molecule is CCN(C)C(=O)OCC1CCCCN1. The normalized spacial score (nSPS) is 21.7. The lowest BCUT2D eigenvalue weighted by Gasteiger charge is -2.24. The molecule has 1 aliphatic heterocycles. The number of piperidine rings is 1. The van der Waals surface area contributed by atoms with Gasteiger partial charge in [-0.05, 0) is 26.3 Å². The smallest absolute Gasteiger partial charge is 0.409 e. The number of nitrogens with one attached hydrogen (secondary N) is 1. The predicted molar refractivity (Wildman–Crippen MR) is 55.3 cm³/mol. The van der Waals surface area contributed by atoms with E-state index in [-0.39, 0.29) is 6.09 Å². The van der Waals surface area contributed by atoms with Crippen LogP contribution in [0.1, 0.15) is 26.2 Å². The molecule has 1 N–H and O–H groups in total. The predicted octanol–water partition coefficient (Wildman–Crippen LogP) is 1.22. The summed E-state index contributed by atoms with van der Waals surface area (Å²) in [6.45, 7) is 4.17. The molecule has 0 aliphatic carbocycles. The maximum absolute atomic E-state index is 11.3. The van der Waals surface area contributed by atoms with Crippen molar-refractivity contribution in [1.29, 1.82) is 0 Å². The Labute approximate surface area is 85.6 Å². The van der Waals surface area contributed by atoms with Gasteiger partial charge in [-0.15, -0.1) is 0 Å². The van der Waals surface area contributed by atoms with Gasteiger partial charge in [0.1, 0.15) is 6.61 Å². The maximum atomic E-state index is 11.3. The Morgan fingerprint density at radius 2 is 2.36 bits per heavy atom. The molecular formula is C10H20N2O2. The Hall–Kier alpha value is -0.770. The van der Waals surface area contributed by atoms with Crippen LogP contribution >= 0.6 is 0 Å². The van der Waals surface area contributed by atoms with E-state index in [1.165, 1.54) is 12.8 Å². The first kappa shape index (κ1) is 11.3. The quantitative estimate of drug-likeness (QED) is 0.744. The van der Waals surface area contributed by atoms with Crippen LogP contribution in [0, 0.1) is 0 Å². The van der Waals surface area contributed by atoms with Gasteiger partial charge in [0.25, 0.3) is 0 Å². The fraction of sp³-hybridized carbons (Fsp3) is 0.900. The molecule has 1 heterocycles. The Bertz CT molecular complexity index is 179. The largest absolute Gasteiger partial charge is 0.448 e. The van der Waals surface area contributed by atoms with Crippen LogP contribution in [-0.4, -0.2) is 43.8 Å². The molecule has 1 fully saturated rings. The molecule has 1 aliphatic rings. The fourth-order valence-electron chi connectivity index (χ4n) is 1.48. The van der Waals surface area contributed by atoms with E-state index in [0.29, 0.717) is 19.2 Å². The minimum absolute atomic E-state index is 0.222. The Balaban J connectivity index is 2.15. The van der Waals surface area contributed by atoms with E-state index in [4.69, 9.17) is 4.74 Å². The molecule has 0 radical (unpaired) electrons. The van der Waals surface area contributed by atoms with Gasteiger partial charge in [-0.1, -0.05) is 6.42 Å². The maximum Gasteiger partial charge on any atom is 0.409 e. The van der Waals surface area contributed by atoms with Gasteiger partial charge in [-0.25, -0.2) is 4.79 Å². The minimum Gasteiger partial charge on any atom is -0.448 e. The second kappa shape index (κ2) is 5.86. The number of carbonyl (C=O) groups excluding carboxylic acids is 1. The van der Waals surface area contributed by atoms with E-state index in [1.54, 1.807) is 11.9 Å². The highest BCUT2D eigenvalue weighted by Gasteiger charge is 2.15. The average Bonchev–Trinajstić information content (AvgIpc) is 2.26. The number of carbonyl (C=O) groups is 1. The van der Waals surface area contributed by atoms with Gasteiger partial charge in [-0.3, -0.25) is 0 Å². The summed E-state index contributed by atoms with van der Waals surface area (Å²) in [6.07, 6.45) is 3.36. The van der Waals surface area contributed by atoms with Crippen LogP contribution in [0.15, 0.2) is 0 Å². The molecule has 1 saturated heterocycles. The van der Waals surface area contributed by atoms with Crippen molar-refractivity contribution in [3.63, 3.8) is 0 Å². The van der Waals surface area contributed by atoms with Crippen molar-refractivity contribution in [3.05, 3.63) is 0 Å². The number of hydrogen-bond donors (Lipinski definition) is 1. The number of ether oxygens (including phenoxy) is 1. The Morgan fingerprint density at radius 1 is 1.57 bits per heavy atom. The summed E-state index contributed by atoms with van der Waals surface area (Å²) >= 11 is 0. The summed E-state index contributed by atoms with van der Waals surface area (Å²) in [5.41, 5.74) is 0. The van der Waals surface area contributed by atoms with Crippen LogP contribution in [0.4, 0.5) is 4.79 Å². The first-order valence-electron chi connectivity index (χ1n) is 5.35. The molecule has 1 amide bonds. The van der Waals surface area contributed by atoms with E-state index < -0.39 is 0 Å². The number of rotatable bonds is 3. The van der Waals surface area contributed by atoms with Crippen molar-refractivity contribution in [2.24, 2.45) is 0 Å². The third-order valence-electron chi connectivity index (χ3n) is 2.61. The zero-order chi connectivity index (χ0) is 10.4. The minimum atomic E-state index is -0.222. The highest BCUT2D eigenvalue weighted by molar-refractivity contribution is 5.67. The second-order valence-electron chi connectivity index (χ2n) is 3.74. The number of amides is 1. The summed E-state index contributed by atoms with van der Waals surface area (Å²) in [5.74, 6) is 0.